The summed E-state index contributed by atoms with van der Waals surface area (Å²) in [6.07, 6.45) is 2.76. The van der Waals surface area contributed by atoms with Crippen LogP contribution in [-0.4, -0.2) is 15.8 Å². The van der Waals surface area contributed by atoms with E-state index in [0.717, 1.165) is 19.9 Å². The van der Waals surface area contributed by atoms with Gasteiger partial charge in [0.25, 0.3) is 0 Å². The molecule has 1 heterocycles. The molecule has 4 nitrogen and oxygen atoms in total. The van der Waals surface area contributed by atoms with Crippen LogP contribution in [0.4, 0.5) is 4.79 Å². The largest absolute Gasteiger partial charge is 0.350 e. The van der Waals surface area contributed by atoms with E-state index in [4.69, 9.17) is 5.73 Å². The van der Waals surface area contributed by atoms with Gasteiger partial charge in [-0.25, -0.2) is 4.79 Å². The Kier molecular flexibility index (Phi) is 2.97. The van der Waals surface area contributed by atoms with E-state index >= 15 is 0 Å². The zero-order chi connectivity index (χ0) is 13.2. The van der Waals surface area contributed by atoms with Gasteiger partial charge in [0.15, 0.2) is 0 Å². The molecule has 1 amide bonds. The molecule has 2 aromatic carbocycles. The number of hydrogen-bond acceptors (Lipinski definition) is 3. The average molecular weight is 268 g/mol. The molecule has 0 aliphatic heterocycles. The zero-order valence-electron chi connectivity index (χ0n) is 9.91. The molecule has 3 rings (SSSR count). The number of carbonyl (C=O) groups is 1. The summed E-state index contributed by atoms with van der Waals surface area (Å²) in [7, 11) is 0. The molecule has 0 saturated carbocycles. The first kappa shape index (κ1) is 11.8. The number of carbonyl (C=O) groups excluding carboxylic acids is 1. The van der Waals surface area contributed by atoms with Crippen molar-refractivity contribution in [3.05, 3.63) is 54.7 Å². The normalized spacial score (nSPS) is 10.7. The summed E-state index contributed by atoms with van der Waals surface area (Å²) in [5.41, 5.74) is 5.94. The minimum absolute atomic E-state index is 0.604. The van der Waals surface area contributed by atoms with Crippen molar-refractivity contribution in [3.63, 3.8) is 0 Å². The van der Waals surface area contributed by atoms with Crippen LogP contribution >= 0.6 is 11.8 Å². The van der Waals surface area contributed by atoms with E-state index in [9.17, 15) is 4.79 Å². The molecule has 0 aliphatic rings. The first-order chi connectivity index (χ1) is 9.24. The molecule has 5 heteroatoms. The van der Waals surface area contributed by atoms with Crippen LogP contribution in [0.3, 0.4) is 0 Å². The van der Waals surface area contributed by atoms with E-state index in [2.05, 4.69) is 11.3 Å². The van der Waals surface area contributed by atoms with Gasteiger partial charge in [0.2, 0.25) is 0 Å². The molecular weight excluding hydrogens is 258 g/mol. The Hall–Kier alpha value is -2.27. The van der Waals surface area contributed by atoms with Crippen molar-refractivity contribution in [2.24, 2.45) is 5.73 Å². The number of nitrogens with two attached hydrogens (primary N) is 1. The Bertz CT molecular complexity index is 737. The lowest BCUT2D eigenvalue weighted by Gasteiger charge is -2.02. The SMILES string of the molecule is NC(=O)n1n[c]c2ccc(Sc3ccccc3)cc21. The molecule has 1 aromatic heterocycles. The molecule has 3 aromatic rings. The van der Waals surface area contributed by atoms with Crippen LogP contribution in [0.1, 0.15) is 0 Å². The van der Waals surface area contributed by atoms with E-state index in [-0.39, 0.29) is 0 Å². The predicted molar refractivity (Wildman–Crippen MR) is 74.1 cm³/mol. The number of nitrogens with zero attached hydrogens (tertiary/aromatic N) is 2. The maximum absolute atomic E-state index is 11.2. The lowest BCUT2D eigenvalue weighted by molar-refractivity contribution is 0.248. The second-order valence-corrected chi connectivity index (χ2v) is 5.10. The highest BCUT2D eigenvalue weighted by Gasteiger charge is 2.08. The third-order valence-electron chi connectivity index (χ3n) is 2.66. The zero-order valence-corrected chi connectivity index (χ0v) is 10.7. The fourth-order valence-electron chi connectivity index (χ4n) is 1.80. The summed E-state index contributed by atoms with van der Waals surface area (Å²) >= 11 is 1.62. The molecule has 2 N–H and O–H groups in total. The Morgan fingerprint density at radius 3 is 2.68 bits per heavy atom. The maximum atomic E-state index is 11.2. The van der Waals surface area contributed by atoms with Gasteiger partial charge >= 0.3 is 6.03 Å². The summed E-state index contributed by atoms with van der Waals surface area (Å²) in [6, 6.07) is 15.2. The highest BCUT2D eigenvalue weighted by molar-refractivity contribution is 7.99. The molecule has 0 saturated heterocycles. The summed E-state index contributed by atoms with van der Waals surface area (Å²) in [4.78, 5) is 13.4. The molecule has 0 fully saturated rings. The lowest BCUT2D eigenvalue weighted by atomic mass is 10.2. The minimum atomic E-state index is -0.604. The fourth-order valence-corrected chi connectivity index (χ4v) is 2.67. The summed E-state index contributed by atoms with van der Waals surface area (Å²) in [6.45, 7) is 0. The average Bonchev–Trinajstić information content (AvgIpc) is 2.83. The number of rotatable bonds is 2. The van der Waals surface area contributed by atoms with Gasteiger partial charge in [0, 0.05) is 15.2 Å². The third kappa shape index (κ3) is 2.32. The van der Waals surface area contributed by atoms with Crippen molar-refractivity contribution in [2.75, 3.05) is 0 Å². The number of aromatic nitrogens is 2. The van der Waals surface area contributed by atoms with Crippen LogP contribution in [0.15, 0.2) is 58.3 Å². The minimum Gasteiger partial charge on any atom is -0.350 e. The van der Waals surface area contributed by atoms with Crippen LogP contribution in [0, 0.1) is 6.20 Å². The number of benzene rings is 2. The Balaban J connectivity index is 2.01. The second-order valence-electron chi connectivity index (χ2n) is 3.96. The second kappa shape index (κ2) is 4.78. The van der Waals surface area contributed by atoms with E-state index < -0.39 is 6.03 Å². The van der Waals surface area contributed by atoms with E-state index in [0.29, 0.717) is 5.52 Å². The van der Waals surface area contributed by atoms with Gasteiger partial charge in [0.05, 0.1) is 5.52 Å². The number of primary amides is 1. The number of fused-ring (bicyclic) bond motifs is 1. The maximum Gasteiger partial charge on any atom is 0.340 e. The Morgan fingerprint density at radius 1 is 1.16 bits per heavy atom. The first-order valence-corrected chi connectivity index (χ1v) is 6.49. The highest BCUT2D eigenvalue weighted by atomic mass is 32.2. The van der Waals surface area contributed by atoms with Crippen LogP contribution in [0.25, 0.3) is 10.9 Å². The standard InChI is InChI=1S/C14H10N3OS/c15-14(18)17-13-8-12(7-6-10(13)9-16-17)19-11-4-2-1-3-5-11/h1-8H,(H2,15,18). The molecule has 1 radical (unpaired) electrons. The fraction of sp³-hybridized carbons (Fsp3) is 0. The van der Waals surface area contributed by atoms with Gasteiger partial charge in [-0.15, -0.1) is 0 Å². The van der Waals surface area contributed by atoms with Crippen LogP contribution in [-0.2, 0) is 0 Å². The number of amides is 1. The van der Waals surface area contributed by atoms with Gasteiger partial charge in [-0.2, -0.15) is 9.78 Å². The number of hydrogen-bond donors (Lipinski definition) is 1. The Morgan fingerprint density at radius 2 is 1.95 bits per heavy atom. The molecule has 93 valence electrons. The van der Waals surface area contributed by atoms with E-state index in [1.807, 2.05) is 48.5 Å². The summed E-state index contributed by atoms with van der Waals surface area (Å²) in [5, 5.41) is 4.63. The summed E-state index contributed by atoms with van der Waals surface area (Å²) < 4.78 is 1.16. The molecule has 0 unspecified atom stereocenters. The van der Waals surface area contributed by atoms with E-state index in [1.165, 1.54) is 0 Å². The van der Waals surface area contributed by atoms with Crippen LogP contribution in [0.2, 0.25) is 0 Å². The van der Waals surface area contributed by atoms with Gasteiger partial charge in [-0.3, -0.25) is 0 Å². The topological polar surface area (TPSA) is 60.9 Å². The molecule has 0 atom stereocenters. The van der Waals surface area contributed by atoms with Gasteiger partial charge in [0.1, 0.15) is 6.20 Å². The van der Waals surface area contributed by atoms with Crippen LogP contribution in [0.5, 0.6) is 0 Å². The smallest absolute Gasteiger partial charge is 0.340 e. The molecule has 19 heavy (non-hydrogen) atoms. The first-order valence-electron chi connectivity index (χ1n) is 5.67. The Labute approximate surface area is 114 Å². The molecule has 0 bridgehead atoms. The van der Waals surface area contributed by atoms with E-state index in [1.54, 1.807) is 11.8 Å². The third-order valence-corrected chi connectivity index (χ3v) is 3.65. The predicted octanol–water partition coefficient (Wildman–Crippen LogP) is 2.91. The molecule has 0 aliphatic carbocycles. The van der Waals surface area contributed by atoms with Crippen molar-refractivity contribution in [3.8, 4) is 0 Å². The van der Waals surface area contributed by atoms with Gasteiger partial charge in [-0.05, 0) is 30.3 Å². The monoisotopic (exact) mass is 268 g/mol. The lowest BCUT2D eigenvalue weighted by Crippen LogP contribution is -2.20. The van der Waals surface area contributed by atoms with Crippen molar-refractivity contribution in [1.82, 2.24) is 9.78 Å². The quantitative estimate of drug-likeness (QED) is 0.777. The van der Waals surface area contributed by atoms with Crippen molar-refractivity contribution in [1.29, 1.82) is 0 Å². The summed E-state index contributed by atoms with van der Waals surface area (Å²) in [5.74, 6) is 0. The van der Waals surface area contributed by atoms with Gasteiger partial charge in [-0.1, -0.05) is 30.0 Å². The highest BCUT2D eigenvalue weighted by Crippen LogP contribution is 2.29. The van der Waals surface area contributed by atoms with Crippen molar-refractivity contribution >= 4 is 28.7 Å². The van der Waals surface area contributed by atoms with Crippen molar-refractivity contribution in [2.45, 2.75) is 9.79 Å². The molecular formula is C14H10N3OS. The molecule has 0 spiro atoms. The van der Waals surface area contributed by atoms with Crippen LogP contribution < -0.4 is 5.73 Å². The van der Waals surface area contributed by atoms with Crippen molar-refractivity contribution < 1.29 is 4.79 Å². The van der Waals surface area contributed by atoms with Gasteiger partial charge < -0.3 is 5.73 Å².